The Morgan fingerprint density at radius 2 is 2.06 bits per heavy atom. The van der Waals surface area contributed by atoms with Crippen LogP contribution in [0.25, 0.3) is 0 Å². The molecule has 0 unspecified atom stereocenters. The number of carbonyl (C=O) groups excluding carboxylic acids is 2. The van der Waals surface area contributed by atoms with Crippen molar-refractivity contribution >= 4 is 33.8 Å². The van der Waals surface area contributed by atoms with Crippen LogP contribution >= 0.6 is 11.3 Å². The summed E-state index contributed by atoms with van der Waals surface area (Å²) in [5, 5.41) is 3.70. The Labute approximate surface area is 110 Å². The lowest BCUT2D eigenvalue weighted by molar-refractivity contribution is 0.0603. The van der Waals surface area contributed by atoms with Crippen LogP contribution in [0.4, 0.5) is 10.7 Å². The van der Waals surface area contributed by atoms with Gasteiger partial charge in [0.25, 0.3) is 0 Å². The van der Waals surface area contributed by atoms with E-state index in [0.717, 1.165) is 0 Å². The maximum absolute atomic E-state index is 11.7. The predicted octanol–water partition coefficient (Wildman–Crippen LogP) is 2.53. The molecule has 1 aromatic heterocycles. The van der Waals surface area contributed by atoms with Crippen LogP contribution in [0.2, 0.25) is 0 Å². The molecule has 0 radical (unpaired) electrons. The number of rotatable bonds is 5. The van der Waals surface area contributed by atoms with Crippen molar-refractivity contribution in [3.05, 3.63) is 10.4 Å². The van der Waals surface area contributed by atoms with Crippen LogP contribution in [-0.4, -0.2) is 24.9 Å². The van der Waals surface area contributed by atoms with E-state index in [2.05, 4.69) is 5.32 Å². The molecule has 1 aromatic rings. The molecular formula is C12H18N2O3S. The average molecular weight is 270 g/mol. The van der Waals surface area contributed by atoms with E-state index < -0.39 is 5.97 Å². The predicted molar refractivity (Wildman–Crippen MR) is 73.5 cm³/mol. The first kappa shape index (κ1) is 14.5. The topological polar surface area (TPSA) is 81.4 Å². The molecule has 0 aromatic carbocycles. The number of esters is 1. The monoisotopic (exact) mass is 270 g/mol. The molecule has 0 saturated heterocycles. The van der Waals surface area contributed by atoms with Gasteiger partial charge in [-0.25, -0.2) is 4.79 Å². The van der Waals surface area contributed by atoms with E-state index in [0.29, 0.717) is 16.3 Å². The zero-order valence-electron chi connectivity index (χ0n) is 11.0. The first-order chi connectivity index (χ1) is 8.42. The van der Waals surface area contributed by atoms with Gasteiger partial charge in [-0.2, -0.15) is 0 Å². The number of methoxy groups -OCH3 is 1. The molecule has 0 aliphatic heterocycles. The Hall–Kier alpha value is -1.56. The highest BCUT2D eigenvalue weighted by atomic mass is 32.1. The van der Waals surface area contributed by atoms with Gasteiger partial charge < -0.3 is 15.8 Å². The number of thiophene rings is 1. The van der Waals surface area contributed by atoms with E-state index in [9.17, 15) is 9.59 Å². The lowest BCUT2D eigenvalue weighted by Gasteiger charge is -2.09. The zero-order chi connectivity index (χ0) is 13.9. The zero-order valence-corrected chi connectivity index (χ0v) is 11.8. The summed E-state index contributed by atoms with van der Waals surface area (Å²) < 4.78 is 4.70. The van der Waals surface area contributed by atoms with Crippen LogP contribution in [0.3, 0.4) is 0 Å². The number of hydrogen-bond donors (Lipinski definition) is 2. The Morgan fingerprint density at radius 3 is 2.50 bits per heavy atom. The highest BCUT2D eigenvalue weighted by Crippen LogP contribution is 2.37. The third-order valence-electron chi connectivity index (χ3n) is 2.33. The Balaban J connectivity index is 3.31. The number of carbonyl (C=O) groups is 2. The smallest absolute Gasteiger partial charge is 0.343 e. The summed E-state index contributed by atoms with van der Waals surface area (Å²) in [6.45, 7) is 5.64. The van der Waals surface area contributed by atoms with Gasteiger partial charge in [-0.3, -0.25) is 4.79 Å². The largest absolute Gasteiger partial charge is 0.465 e. The summed E-state index contributed by atoms with van der Waals surface area (Å²) in [5.41, 5.74) is 6.35. The molecule has 1 rings (SSSR count). The van der Waals surface area contributed by atoms with Crippen LogP contribution in [0.1, 0.15) is 47.2 Å². The lowest BCUT2D eigenvalue weighted by Crippen LogP contribution is -2.13. The maximum atomic E-state index is 11.7. The van der Waals surface area contributed by atoms with Gasteiger partial charge >= 0.3 is 5.97 Å². The molecule has 100 valence electrons. The fraction of sp³-hybridized carbons (Fsp3) is 0.500. The van der Waals surface area contributed by atoms with Crippen molar-refractivity contribution in [2.45, 2.75) is 33.2 Å². The van der Waals surface area contributed by atoms with Crippen LogP contribution in [0.5, 0.6) is 0 Å². The highest BCUT2D eigenvalue weighted by Gasteiger charge is 2.25. The van der Waals surface area contributed by atoms with E-state index >= 15 is 0 Å². The third-order valence-corrected chi connectivity index (χ3v) is 3.51. The second-order valence-corrected chi connectivity index (χ2v) is 5.14. The summed E-state index contributed by atoms with van der Waals surface area (Å²) in [4.78, 5) is 23.9. The van der Waals surface area contributed by atoms with Crippen molar-refractivity contribution in [3.63, 3.8) is 0 Å². The number of nitrogens with two attached hydrogens (primary N) is 1. The minimum Gasteiger partial charge on any atom is -0.465 e. The summed E-state index contributed by atoms with van der Waals surface area (Å²) in [6, 6.07) is 0.135. The van der Waals surface area contributed by atoms with Gasteiger partial charge in [0.1, 0.15) is 10.6 Å². The molecule has 1 heterocycles. The summed E-state index contributed by atoms with van der Waals surface area (Å²) in [5.74, 6) is -0.596. The minimum absolute atomic E-state index is 0.0699. The van der Waals surface area contributed by atoms with Crippen LogP contribution < -0.4 is 11.1 Å². The molecule has 0 aliphatic rings. The second-order valence-electron chi connectivity index (χ2n) is 4.12. The normalized spacial score (nSPS) is 10.5. The number of nitrogen functional groups attached to an aromatic ring is 1. The highest BCUT2D eigenvalue weighted by molar-refractivity contribution is 7.19. The first-order valence-corrected chi connectivity index (χ1v) is 6.54. The number of ether oxygens (including phenoxy) is 1. The quantitative estimate of drug-likeness (QED) is 0.634. The molecule has 0 saturated carbocycles. The van der Waals surface area contributed by atoms with E-state index in [1.54, 1.807) is 6.92 Å². The molecule has 0 amide bonds. The summed E-state index contributed by atoms with van der Waals surface area (Å²) in [7, 11) is 1.29. The molecule has 0 fully saturated rings. The molecule has 18 heavy (non-hydrogen) atoms. The van der Waals surface area contributed by atoms with Crippen molar-refractivity contribution in [2.24, 2.45) is 0 Å². The third kappa shape index (κ3) is 2.81. The van der Waals surface area contributed by atoms with Gasteiger partial charge in [0.2, 0.25) is 0 Å². The van der Waals surface area contributed by atoms with Crippen molar-refractivity contribution in [1.82, 2.24) is 0 Å². The molecule has 0 spiro atoms. The molecule has 3 N–H and O–H groups in total. The van der Waals surface area contributed by atoms with E-state index in [-0.39, 0.29) is 23.1 Å². The molecular weight excluding hydrogens is 252 g/mol. The minimum atomic E-state index is -0.526. The van der Waals surface area contributed by atoms with Gasteiger partial charge in [-0.1, -0.05) is 6.92 Å². The number of ketones is 1. The molecule has 0 atom stereocenters. The van der Waals surface area contributed by atoms with Gasteiger partial charge in [-0.15, -0.1) is 11.3 Å². The van der Waals surface area contributed by atoms with Crippen LogP contribution in [-0.2, 0) is 4.74 Å². The average Bonchev–Trinajstić information content (AvgIpc) is 2.63. The SMILES string of the molecule is CCC(=O)c1sc(NC(C)C)c(C(=O)OC)c1N. The van der Waals surface area contributed by atoms with E-state index in [4.69, 9.17) is 10.5 Å². The fourth-order valence-corrected chi connectivity index (χ4v) is 2.74. The fourth-order valence-electron chi connectivity index (χ4n) is 1.48. The molecule has 0 bridgehead atoms. The van der Waals surface area contributed by atoms with Crippen LogP contribution in [0.15, 0.2) is 0 Å². The summed E-state index contributed by atoms with van der Waals surface area (Å²) >= 11 is 1.20. The molecule has 5 nitrogen and oxygen atoms in total. The van der Waals surface area contributed by atoms with Crippen molar-refractivity contribution in [2.75, 3.05) is 18.2 Å². The Kier molecular flexibility index (Phi) is 4.72. The second kappa shape index (κ2) is 5.86. The number of anilines is 2. The molecule has 0 aliphatic carbocycles. The Morgan fingerprint density at radius 1 is 1.44 bits per heavy atom. The van der Waals surface area contributed by atoms with Gasteiger partial charge in [0.15, 0.2) is 5.78 Å². The van der Waals surface area contributed by atoms with Crippen molar-refractivity contribution in [1.29, 1.82) is 0 Å². The number of Topliss-reactive ketones (excluding diaryl/α,β-unsaturated/α-hetero) is 1. The number of hydrogen-bond acceptors (Lipinski definition) is 6. The Bertz CT molecular complexity index is 466. The maximum Gasteiger partial charge on any atom is 0.343 e. The summed E-state index contributed by atoms with van der Waals surface area (Å²) in [6.07, 6.45) is 0.354. The van der Waals surface area contributed by atoms with Crippen molar-refractivity contribution in [3.8, 4) is 0 Å². The van der Waals surface area contributed by atoms with E-state index in [1.165, 1.54) is 18.4 Å². The lowest BCUT2D eigenvalue weighted by atomic mass is 10.1. The van der Waals surface area contributed by atoms with Crippen LogP contribution in [0, 0.1) is 0 Å². The standard InChI is InChI=1S/C12H18N2O3S/c1-5-7(15)10-9(13)8(12(16)17-4)11(18-10)14-6(2)3/h6,14H,5,13H2,1-4H3. The van der Waals surface area contributed by atoms with Gasteiger partial charge in [0.05, 0.1) is 17.7 Å². The molecule has 6 heteroatoms. The number of nitrogens with one attached hydrogen (secondary N) is 1. The van der Waals surface area contributed by atoms with E-state index in [1.807, 2.05) is 13.8 Å². The van der Waals surface area contributed by atoms with Crippen molar-refractivity contribution < 1.29 is 14.3 Å². The van der Waals surface area contributed by atoms with Gasteiger partial charge in [-0.05, 0) is 13.8 Å². The van der Waals surface area contributed by atoms with Gasteiger partial charge in [0, 0.05) is 12.5 Å². The first-order valence-electron chi connectivity index (χ1n) is 5.72.